The molecule has 0 saturated heterocycles. The van der Waals surface area contributed by atoms with Crippen molar-refractivity contribution in [3.8, 4) is 0 Å². The summed E-state index contributed by atoms with van der Waals surface area (Å²) in [5, 5.41) is 0. The molecule has 0 aliphatic rings. The molecule has 0 saturated carbocycles. The second kappa shape index (κ2) is 11.2. The molecule has 18 heavy (non-hydrogen) atoms. The predicted molar refractivity (Wildman–Crippen MR) is 89.7 cm³/mol. The second-order valence-corrected chi connectivity index (χ2v) is 10.6. The van der Waals surface area contributed by atoms with Gasteiger partial charge >= 0.3 is 0 Å². The molecule has 0 fully saturated rings. The van der Waals surface area contributed by atoms with Gasteiger partial charge in [0.05, 0.1) is 24.6 Å². The number of rotatable bonds is 12. The van der Waals surface area contributed by atoms with Crippen LogP contribution in [0.4, 0.5) is 0 Å². The first-order valence-corrected chi connectivity index (χ1v) is 10.6. The maximum Gasteiger partial charge on any atom is 0.0721 e. The Morgan fingerprint density at radius 1 is 0.667 bits per heavy atom. The van der Waals surface area contributed by atoms with Gasteiger partial charge in [-0.25, -0.2) is 0 Å². The monoisotopic (exact) mass is 274 g/mol. The van der Waals surface area contributed by atoms with Crippen LogP contribution in [0.2, 0.25) is 0 Å². The Kier molecular flexibility index (Phi) is 11.5. The lowest BCUT2D eigenvalue weighted by molar-refractivity contribution is 0.435. The molecule has 2 heteroatoms. The van der Waals surface area contributed by atoms with Gasteiger partial charge in [-0.15, -0.1) is 0 Å². The van der Waals surface area contributed by atoms with Gasteiger partial charge in [0.1, 0.15) is 0 Å². The van der Waals surface area contributed by atoms with Crippen molar-refractivity contribution in [2.24, 2.45) is 0 Å². The van der Waals surface area contributed by atoms with Gasteiger partial charge in [0.15, 0.2) is 0 Å². The molecule has 0 radical (unpaired) electrons. The molecule has 0 spiro atoms. The maximum absolute atomic E-state index is 2.39. The molecule has 1 nitrogen and oxygen atoms in total. The van der Waals surface area contributed by atoms with Crippen molar-refractivity contribution in [2.45, 2.75) is 59.3 Å². The van der Waals surface area contributed by atoms with Crippen LogP contribution in [0.3, 0.4) is 0 Å². The van der Waals surface area contributed by atoms with Gasteiger partial charge in [0.2, 0.25) is 0 Å². The first kappa shape index (κ1) is 18.4. The Morgan fingerprint density at radius 2 is 1.06 bits per heavy atom. The van der Waals surface area contributed by atoms with Crippen LogP contribution in [-0.2, 0) is 0 Å². The van der Waals surface area contributed by atoms with E-state index in [-0.39, 0.29) is 0 Å². The summed E-state index contributed by atoms with van der Waals surface area (Å²) < 4.78 is 0. The summed E-state index contributed by atoms with van der Waals surface area (Å²) in [7, 11) is 3.82. The fourth-order valence-electron chi connectivity index (χ4n) is 2.56. The zero-order chi connectivity index (χ0) is 13.9. The van der Waals surface area contributed by atoms with E-state index >= 15 is 0 Å². The number of nitrogens with zero attached hydrogens (tertiary/aromatic N) is 1. The fraction of sp³-hybridized carbons (Fsp3) is 1.00. The van der Waals surface area contributed by atoms with Gasteiger partial charge in [0, 0.05) is 13.8 Å². The van der Waals surface area contributed by atoms with Crippen molar-refractivity contribution in [3.05, 3.63) is 0 Å². The summed E-state index contributed by atoms with van der Waals surface area (Å²) in [6.07, 6.45) is 14.7. The lowest BCUT2D eigenvalue weighted by Crippen LogP contribution is -2.22. The minimum atomic E-state index is -0.641. The van der Waals surface area contributed by atoms with E-state index < -0.39 is 7.26 Å². The summed E-state index contributed by atoms with van der Waals surface area (Å²) >= 11 is 0. The van der Waals surface area contributed by atoms with E-state index in [0.717, 1.165) is 0 Å². The highest BCUT2D eigenvalue weighted by Crippen LogP contribution is 2.60. The topological polar surface area (TPSA) is 3.24 Å². The van der Waals surface area contributed by atoms with E-state index in [1.165, 1.54) is 51.2 Å². The van der Waals surface area contributed by atoms with Gasteiger partial charge in [-0.05, 0) is 33.4 Å². The SMILES string of the molecule is CCCC[P+](CCCC)(CCCC)CCN(C)C. The standard InChI is InChI=1S/C16H37NP/c1-6-9-13-18(14-10-7-2,15-11-8-3)16-12-17(4)5/h6-16H2,1-5H3/q+1. The minimum Gasteiger partial charge on any atom is -0.306 e. The summed E-state index contributed by atoms with van der Waals surface area (Å²) in [5.74, 6) is 0. The van der Waals surface area contributed by atoms with Gasteiger partial charge in [0.25, 0.3) is 0 Å². The van der Waals surface area contributed by atoms with Crippen molar-refractivity contribution in [2.75, 3.05) is 45.3 Å². The molecule has 0 heterocycles. The van der Waals surface area contributed by atoms with E-state index in [1.54, 1.807) is 18.5 Å². The number of hydrogen-bond acceptors (Lipinski definition) is 1. The van der Waals surface area contributed by atoms with E-state index in [0.29, 0.717) is 0 Å². The second-order valence-electron chi connectivity index (χ2n) is 6.10. The van der Waals surface area contributed by atoms with Crippen LogP contribution in [0, 0.1) is 0 Å². The maximum atomic E-state index is 2.39. The van der Waals surface area contributed by atoms with E-state index in [9.17, 15) is 0 Å². The van der Waals surface area contributed by atoms with Gasteiger partial charge in [-0.2, -0.15) is 0 Å². The van der Waals surface area contributed by atoms with Crippen molar-refractivity contribution < 1.29 is 0 Å². The van der Waals surface area contributed by atoms with Gasteiger partial charge in [-0.1, -0.05) is 40.0 Å². The predicted octanol–water partition coefficient (Wildman–Crippen LogP) is 4.97. The van der Waals surface area contributed by atoms with Crippen LogP contribution in [0.5, 0.6) is 0 Å². The molecule has 0 aromatic heterocycles. The smallest absolute Gasteiger partial charge is 0.0721 e. The molecule has 0 aromatic rings. The zero-order valence-corrected chi connectivity index (χ0v) is 14.6. The minimum absolute atomic E-state index is 0.641. The molecular weight excluding hydrogens is 237 g/mol. The van der Waals surface area contributed by atoms with Crippen LogP contribution in [-0.4, -0.2) is 50.2 Å². The summed E-state index contributed by atoms with van der Waals surface area (Å²) in [4.78, 5) is 2.39. The highest BCUT2D eigenvalue weighted by molar-refractivity contribution is 7.75. The quantitative estimate of drug-likeness (QED) is 0.454. The lowest BCUT2D eigenvalue weighted by atomic mass is 10.4. The molecule has 0 amide bonds. The normalized spacial score (nSPS) is 12.3. The lowest BCUT2D eigenvalue weighted by Gasteiger charge is -2.29. The Balaban J connectivity index is 4.51. The molecule has 0 aliphatic heterocycles. The third-order valence-corrected chi connectivity index (χ3v) is 8.92. The van der Waals surface area contributed by atoms with Crippen molar-refractivity contribution in [1.82, 2.24) is 4.90 Å². The van der Waals surface area contributed by atoms with E-state index in [1.807, 2.05) is 0 Å². The molecule has 0 aromatic carbocycles. The highest BCUT2D eigenvalue weighted by atomic mass is 31.2. The molecule has 0 N–H and O–H groups in total. The first-order chi connectivity index (χ1) is 8.60. The third-order valence-electron chi connectivity index (χ3n) is 3.98. The van der Waals surface area contributed by atoms with Crippen molar-refractivity contribution >= 4 is 7.26 Å². The Bertz CT molecular complexity index is 158. The Hall–Kier alpha value is 0.390. The molecular formula is C16H37NP+. The Labute approximate surface area is 117 Å². The zero-order valence-electron chi connectivity index (χ0n) is 13.7. The molecule has 0 aliphatic carbocycles. The van der Waals surface area contributed by atoms with E-state index in [4.69, 9.17) is 0 Å². The number of unbranched alkanes of at least 4 members (excludes halogenated alkanes) is 3. The highest BCUT2D eigenvalue weighted by Gasteiger charge is 2.34. The third kappa shape index (κ3) is 8.48. The molecule has 110 valence electrons. The first-order valence-electron chi connectivity index (χ1n) is 8.10. The van der Waals surface area contributed by atoms with Crippen LogP contribution >= 0.6 is 7.26 Å². The summed E-state index contributed by atoms with van der Waals surface area (Å²) in [5.41, 5.74) is 0. The van der Waals surface area contributed by atoms with Crippen LogP contribution < -0.4 is 0 Å². The van der Waals surface area contributed by atoms with Crippen LogP contribution in [0.1, 0.15) is 59.3 Å². The fourth-order valence-corrected chi connectivity index (χ4v) is 7.69. The van der Waals surface area contributed by atoms with Crippen LogP contribution in [0.15, 0.2) is 0 Å². The molecule has 0 atom stereocenters. The van der Waals surface area contributed by atoms with Crippen molar-refractivity contribution in [1.29, 1.82) is 0 Å². The van der Waals surface area contributed by atoms with Crippen LogP contribution in [0.25, 0.3) is 0 Å². The summed E-state index contributed by atoms with van der Waals surface area (Å²) in [6, 6.07) is 0. The largest absolute Gasteiger partial charge is 0.306 e. The molecule has 0 bridgehead atoms. The van der Waals surface area contributed by atoms with Gasteiger partial charge in [-0.3, -0.25) is 0 Å². The van der Waals surface area contributed by atoms with Crippen molar-refractivity contribution in [3.63, 3.8) is 0 Å². The summed E-state index contributed by atoms with van der Waals surface area (Å²) in [6.45, 7) is 8.35. The average Bonchev–Trinajstić information content (AvgIpc) is 2.37. The molecule has 0 unspecified atom stereocenters. The van der Waals surface area contributed by atoms with Gasteiger partial charge < -0.3 is 4.90 Å². The average molecular weight is 274 g/mol. The molecule has 0 rings (SSSR count). The Morgan fingerprint density at radius 3 is 1.33 bits per heavy atom. The van der Waals surface area contributed by atoms with E-state index in [2.05, 4.69) is 39.8 Å². The number of hydrogen-bond donors (Lipinski definition) is 0.